The van der Waals surface area contributed by atoms with Gasteiger partial charge in [-0.15, -0.1) is 0 Å². The second-order valence-corrected chi connectivity index (χ2v) is 9.18. The molecule has 0 saturated carbocycles. The fraction of sp³-hybridized carbons (Fsp3) is 0.368. The topological polar surface area (TPSA) is 88.2 Å². The van der Waals surface area contributed by atoms with Gasteiger partial charge in [-0.25, -0.2) is 13.2 Å². The maximum Gasteiger partial charge on any atom is 0.319 e. The standard InChI is InChI=1S/C19H23N3O3S/c1-19(11-13-26(24,25)14-19)22-18(23)21-17-9-6-15(7-10-17)5-8-16-4-2-3-12-20-16/h2-4,6-7,9-10,12H,5,8,11,13-14H2,1H3,(H2,21,22,23)/t19-/m1/s1. The van der Waals surface area contributed by atoms with Gasteiger partial charge in [0.2, 0.25) is 0 Å². The van der Waals surface area contributed by atoms with Crippen LogP contribution in [0.15, 0.2) is 48.7 Å². The number of carbonyl (C=O) groups is 1. The van der Waals surface area contributed by atoms with E-state index in [9.17, 15) is 13.2 Å². The minimum Gasteiger partial charge on any atom is -0.332 e. The monoisotopic (exact) mass is 373 g/mol. The number of sulfone groups is 1. The first kappa shape index (κ1) is 18.4. The van der Waals surface area contributed by atoms with Crippen LogP contribution in [0.3, 0.4) is 0 Å². The van der Waals surface area contributed by atoms with Crippen LogP contribution < -0.4 is 10.6 Å². The smallest absolute Gasteiger partial charge is 0.319 e. The van der Waals surface area contributed by atoms with E-state index in [0.717, 1.165) is 24.1 Å². The molecule has 1 aromatic carbocycles. The summed E-state index contributed by atoms with van der Waals surface area (Å²) in [6.45, 7) is 1.76. The molecular weight excluding hydrogens is 350 g/mol. The second kappa shape index (κ2) is 7.45. The first-order valence-electron chi connectivity index (χ1n) is 8.62. The molecule has 0 aliphatic carbocycles. The van der Waals surface area contributed by atoms with E-state index < -0.39 is 15.4 Å². The van der Waals surface area contributed by atoms with Crippen molar-refractivity contribution in [3.05, 3.63) is 59.9 Å². The molecule has 0 radical (unpaired) electrons. The molecule has 2 heterocycles. The second-order valence-electron chi connectivity index (χ2n) is 7.00. The lowest BCUT2D eigenvalue weighted by Crippen LogP contribution is -2.48. The summed E-state index contributed by atoms with van der Waals surface area (Å²) in [6, 6.07) is 13.1. The van der Waals surface area contributed by atoms with Crippen molar-refractivity contribution in [1.29, 1.82) is 0 Å². The van der Waals surface area contributed by atoms with Crippen LogP contribution in [-0.2, 0) is 22.7 Å². The Labute approximate surface area is 154 Å². The first-order chi connectivity index (χ1) is 12.3. The lowest BCUT2D eigenvalue weighted by molar-refractivity contribution is 0.242. The first-order valence-corrected chi connectivity index (χ1v) is 10.4. The molecule has 2 N–H and O–H groups in total. The minimum absolute atomic E-state index is 0.0140. The molecule has 1 aromatic heterocycles. The zero-order valence-electron chi connectivity index (χ0n) is 14.7. The van der Waals surface area contributed by atoms with E-state index in [4.69, 9.17) is 0 Å². The van der Waals surface area contributed by atoms with Gasteiger partial charge in [-0.05, 0) is 56.0 Å². The van der Waals surface area contributed by atoms with Crippen molar-refractivity contribution >= 4 is 21.6 Å². The van der Waals surface area contributed by atoms with Crippen molar-refractivity contribution in [3.63, 3.8) is 0 Å². The number of aryl methyl sites for hydroxylation is 2. The van der Waals surface area contributed by atoms with Gasteiger partial charge >= 0.3 is 6.03 Å². The van der Waals surface area contributed by atoms with Gasteiger partial charge in [0.05, 0.1) is 17.0 Å². The van der Waals surface area contributed by atoms with E-state index in [2.05, 4.69) is 15.6 Å². The van der Waals surface area contributed by atoms with Crippen molar-refractivity contribution in [2.24, 2.45) is 0 Å². The van der Waals surface area contributed by atoms with Crippen LogP contribution in [0.25, 0.3) is 0 Å². The van der Waals surface area contributed by atoms with Crippen molar-refractivity contribution < 1.29 is 13.2 Å². The Morgan fingerprint density at radius 1 is 1.15 bits per heavy atom. The third-order valence-electron chi connectivity index (χ3n) is 4.53. The third kappa shape index (κ3) is 5.05. The average Bonchev–Trinajstić information content (AvgIpc) is 2.88. The van der Waals surface area contributed by atoms with E-state index in [0.29, 0.717) is 12.1 Å². The number of carbonyl (C=O) groups excluding carboxylic acids is 1. The van der Waals surface area contributed by atoms with Gasteiger partial charge in [-0.3, -0.25) is 4.98 Å². The zero-order chi connectivity index (χ0) is 18.6. The zero-order valence-corrected chi connectivity index (χ0v) is 15.6. The molecule has 7 heteroatoms. The van der Waals surface area contributed by atoms with E-state index in [1.165, 1.54) is 0 Å². The predicted octanol–water partition coefficient (Wildman–Crippen LogP) is 2.57. The van der Waals surface area contributed by atoms with Crippen LogP contribution in [0.1, 0.15) is 24.6 Å². The molecule has 2 amide bonds. The average molecular weight is 373 g/mol. The number of hydrogen-bond donors (Lipinski definition) is 2. The largest absolute Gasteiger partial charge is 0.332 e. The van der Waals surface area contributed by atoms with Crippen LogP contribution in [0.5, 0.6) is 0 Å². The molecular formula is C19H23N3O3S. The van der Waals surface area contributed by atoms with Crippen molar-refractivity contribution in [2.45, 2.75) is 31.7 Å². The van der Waals surface area contributed by atoms with Gasteiger partial charge in [-0.2, -0.15) is 0 Å². The van der Waals surface area contributed by atoms with Crippen molar-refractivity contribution in [1.82, 2.24) is 10.3 Å². The summed E-state index contributed by atoms with van der Waals surface area (Å²) >= 11 is 0. The molecule has 1 fully saturated rings. The normalized spacial score (nSPS) is 21.3. The number of rotatable bonds is 5. The van der Waals surface area contributed by atoms with Gasteiger partial charge in [-0.1, -0.05) is 18.2 Å². The molecule has 1 aliphatic heterocycles. The van der Waals surface area contributed by atoms with Gasteiger partial charge in [0.15, 0.2) is 9.84 Å². The minimum atomic E-state index is -3.05. The lowest BCUT2D eigenvalue weighted by atomic mass is 10.0. The number of benzene rings is 1. The molecule has 0 unspecified atom stereocenters. The molecule has 0 spiro atoms. The lowest BCUT2D eigenvalue weighted by Gasteiger charge is -2.24. The number of hydrogen-bond acceptors (Lipinski definition) is 4. The summed E-state index contributed by atoms with van der Waals surface area (Å²) in [4.78, 5) is 16.5. The van der Waals surface area contributed by atoms with E-state index in [1.54, 1.807) is 13.1 Å². The fourth-order valence-corrected chi connectivity index (χ4v) is 5.21. The molecule has 26 heavy (non-hydrogen) atoms. The van der Waals surface area contributed by atoms with Gasteiger partial charge in [0.1, 0.15) is 0 Å². The highest BCUT2D eigenvalue weighted by molar-refractivity contribution is 7.91. The van der Waals surface area contributed by atoms with Gasteiger partial charge < -0.3 is 10.6 Å². The Hall–Kier alpha value is -2.41. The maximum absolute atomic E-state index is 12.2. The summed E-state index contributed by atoms with van der Waals surface area (Å²) in [6.07, 6.45) is 3.96. The van der Waals surface area contributed by atoms with Gasteiger partial charge in [0, 0.05) is 17.6 Å². The quantitative estimate of drug-likeness (QED) is 0.843. The van der Waals surface area contributed by atoms with Gasteiger partial charge in [0.25, 0.3) is 0 Å². The van der Waals surface area contributed by atoms with Crippen LogP contribution in [-0.4, -0.2) is 36.5 Å². The SMILES string of the molecule is C[C@@]1(NC(=O)Nc2ccc(CCc3ccccn3)cc2)CCS(=O)(=O)C1. The highest BCUT2D eigenvalue weighted by atomic mass is 32.2. The number of anilines is 1. The Bertz CT molecular complexity index is 867. The number of pyridine rings is 1. The highest BCUT2D eigenvalue weighted by Crippen LogP contribution is 2.23. The van der Waals surface area contributed by atoms with Crippen molar-refractivity contribution in [2.75, 3.05) is 16.8 Å². The summed E-state index contributed by atoms with van der Waals surface area (Å²) in [5.41, 5.74) is 2.18. The van der Waals surface area contributed by atoms with Crippen LogP contribution in [0.2, 0.25) is 0 Å². The highest BCUT2D eigenvalue weighted by Gasteiger charge is 2.39. The molecule has 1 atom stereocenters. The fourth-order valence-electron chi connectivity index (χ4n) is 3.12. The Morgan fingerprint density at radius 3 is 2.54 bits per heavy atom. The van der Waals surface area contributed by atoms with Crippen molar-refractivity contribution in [3.8, 4) is 0 Å². The molecule has 6 nitrogen and oxygen atoms in total. The van der Waals surface area contributed by atoms with Crippen LogP contribution >= 0.6 is 0 Å². The maximum atomic E-state index is 12.2. The molecule has 0 bridgehead atoms. The summed E-state index contributed by atoms with van der Waals surface area (Å²) in [7, 11) is -3.05. The van der Waals surface area contributed by atoms with E-state index in [1.807, 2.05) is 42.5 Å². The number of aromatic nitrogens is 1. The predicted molar refractivity (Wildman–Crippen MR) is 102 cm³/mol. The molecule has 1 aliphatic rings. The Balaban J connectivity index is 1.51. The summed E-state index contributed by atoms with van der Waals surface area (Å²) in [5.74, 6) is 0.106. The van der Waals surface area contributed by atoms with E-state index >= 15 is 0 Å². The Morgan fingerprint density at radius 2 is 1.92 bits per heavy atom. The van der Waals surface area contributed by atoms with Crippen LogP contribution in [0, 0.1) is 0 Å². The number of amides is 2. The summed E-state index contributed by atoms with van der Waals surface area (Å²) < 4.78 is 23.2. The number of nitrogens with one attached hydrogen (secondary N) is 2. The molecule has 2 aromatic rings. The molecule has 138 valence electrons. The third-order valence-corrected chi connectivity index (χ3v) is 6.43. The van der Waals surface area contributed by atoms with E-state index in [-0.39, 0.29) is 17.5 Å². The van der Waals surface area contributed by atoms with Crippen LogP contribution in [0.4, 0.5) is 10.5 Å². The molecule has 3 rings (SSSR count). The molecule has 1 saturated heterocycles. The Kier molecular flexibility index (Phi) is 5.27. The summed E-state index contributed by atoms with van der Waals surface area (Å²) in [5, 5.41) is 5.55. The number of urea groups is 1. The number of nitrogens with zero attached hydrogens (tertiary/aromatic N) is 1.